The van der Waals surface area contributed by atoms with Gasteiger partial charge in [-0.25, -0.2) is 9.37 Å². The van der Waals surface area contributed by atoms with Crippen molar-refractivity contribution >= 4 is 5.91 Å². The number of carbonyl (C=O) groups is 1. The van der Waals surface area contributed by atoms with E-state index in [4.69, 9.17) is 5.73 Å². The lowest BCUT2D eigenvalue weighted by Gasteiger charge is -2.34. The average molecular weight is 339 g/mol. The van der Waals surface area contributed by atoms with E-state index in [1.807, 2.05) is 22.8 Å². The van der Waals surface area contributed by atoms with Crippen LogP contribution < -0.4 is 5.73 Å². The van der Waals surface area contributed by atoms with Gasteiger partial charge in [0.15, 0.2) is 5.60 Å². The average Bonchev–Trinajstić information content (AvgIpc) is 2.88. The zero-order valence-electron chi connectivity index (χ0n) is 13.8. The lowest BCUT2D eigenvalue weighted by molar-refractivity contribution is 0.0905. The van der Waals surface area contributed by atoms with Crippen molar-refractivity contribution in [3.05, 3.63) is 41.2 Å². The molecule has 5 nitrogen and oxygen atoms in total. The summed E-state index contributed by atoms with van der Waals surface area (Å²) in [6.45, 7) is 0.408. The first kappa shape index (κ1) is 15.9. The molecule has 1 aromatic heterocycles. The van der Waals surface area contributed by atoms with E-state index in [9.17, 15) is 14.3 Å². The Labute approximate surface area is 144 Å². The van der Waals surface area contributed by atoms with Gasteiger partial charge in [-0.3, -0.25) is 4.79 Å². The van der Waals surface area contributed by atoms with Crippen molar-refractivity contribution in [2.75, 3.05) is 6.67 Å². The number of aliphatic hydroxyl groups is 1. The summed E-state index contributed by atoms with van der Waals surface area (Å²) >= 11 is 0. The quantitative estimate of drug-likeness (QED) is 0.823. The molecular formula is C19H18FN3O2. The number of amides is 1. The number of hydrogen-bond donors (Lipinski definition) is 2. The molecule has 1 aromatic carbocycles. The number of hydrogen-bond acceptors (Lipinski definition) is 3. The van der Waals surface area contributed by atoms with Crippen molar-refractivity contribution in [2.24, 2.45) is 5.73 Å². The summed E-state index contributed by atoms with van der Waals surface area (Å²) < 4.78 is 14.7. The Balaban J connectivity index is 1.83. The maximum Gasteiger partial charge on any atom is 0.268 e. The topological polar surface area (TPSA) is 81.1 Å². The van der Waals surface area contributed by atoms with E-state index in [2.05, 4.69) is 16.8 Å². The van der Waals surface area contributed by atoms with E-state index >= 15 is 0 Å². The third kappa shape index (κ3) is 2.61. The first-order valence-electron chi connectivity index (χ1n) is 8.22. The molecule has 2 aliphatic heterocycles. The van der Waals surface area contributed by atoms with Crippen LogP contribution in [0.2, 0.25) is 0 Å². The first-order chi connectivity index (χ1) is 11.9. The van der Waals surface area contributed by atoms with Crippen molar-refractivity contribution in [3.63, 3.8) is 0 Å². The fourth-order valence-corrected chi connectivity index (χ4v) is 3.48. The Hall–Kier alpha value is -2.65. The molecule has 3 N–H and O–H groups in total. The second-order valence-electron chi connectivity index (χ2n) is 7.00. The second kappa shape index (κ2) is 5.43. The number of nitrogens with two attached hydrogens (primary N) is 1. The molecule has 1 unspecified atom stereocenters. The summed E-state index contributed by atoms with van der Waals surface area (Å²) in [4.78, 5) is 15.9. The van der Waals surface area contributed by atoms with Crippen molar-refractivity contribution in [3.8, 4) is 23.2 Å². The lowest BCUT2D eigenvalue weighted by atomic mass is 9.75. The van der Waals surface area contributed by atoms with Crippen LogP contribution in [0, 0.1) is 11.8 Å². The number of nitrogens with zero attached hydrogens (tertiary/aromatic N) is 2. The zero-order chi connectivity index (χ0) is 17.8. The van der Waals surface area contributed by atoms with Crippen LogP contribution in [-0.4, -0.2) is 32.8 Å². The molecule has 2 aromatic rings. The maximum atomic E-state index is 12.7. The lowest BCUT2D eigenvalue weighted by Crippen LogP contribution is -2.23. The molecule has 1 atom stereocenters. The third-order valence-corrected chi connectivity index (χ3v) is 4.96. The molecule has 1 amide bonds. The number of carbonyl (C=O) groups excluding carboxylic acids is 1. The van der Waals surface area contributed by atoms with Gasteiger partial charge >= 0.3 is 0 Å². The fraction of sp³-hybridized carbons (Fsp3) is 0.368. The highest BCUT2D eigenvalue weighted by atomic mass is 19.1. The summed E-state index contributed by atoms with van der Waals surface area (Å²) in [6, 6.07) is 6.11. The zero-order valence-corrected chi connectivity index (χ0v) is 13.8. The molecule has 1 fully saturated rings. The molecule has 6 heteroatoms. The van der Waals surface area contributed by atoms with Crippen molar-refractivity contribution < 1.29 is 14.3 Å². The predicted octanol–water partition coefficient (Wildman–Crippen LogP) is 2.15. The number of benzene rings is 1. The highest BCUT2D eigenvalue weighted by Crippen LogP contribution is 2.51. The van der Waals surface area contributed by atoms with Crippen molar-refractivity contribution in [1.82, 2.24) is 9.55 Å². The molecule has 25 heavy (non-hydrogen) atoms. The van der Waals surface area contributed by atoms with Gasteiger partial charge in [-0.15, -0.1) is 0 Å². The van der Waals surface area contributed by atoms with E-state index in [1.54, 1.807) is 6.20 Å². The number of primary amides is 1. The van der Waals surface area contributed by atoms with E-state index in [0.29, 0.717) is 17.5 Å². The minimum atomic E-state index is -1.66. The normalized spacial score (nSPS) is 22.4. The van der Waals surface area contributed by atoms with Crippen LogP contribution in [-0.2, 0) is 0 Å². The Bertz CT molecular complexity index is 930. The minimum Gasteiger partial charge on any atom is -0.375 e. The molecule has 128 valence electrons. The Morgan fingerprint density at radius 1 is 1.52 bits per heavy atom. The summed E-state index contributed by atoms with van der Waals surface area (Å²) in [6.07, 6.45) is 3.74. The molecule has 0 radical (unpaired) electrons. The van der Waals surface area contributed by atoms with Gasteiger partial charge < -0.3 is 15.4 Å². The van der Waals surface area contributed by atoms with Crippen molar-refractivity contribution in [1.29, 1.82) is 0 Å². The smallest absolute Gasteiger partial charge is 0.268 e. The largest absolute Gasteiger partial charge is 0.375 e. The van der Waals surface area contributed by atoms with Gasteiger partial charge in [0.05, 0.1) is 0 Å². The number of rotatable bonds is 2. The summed E-state index contributed by atoms with van der Waals surface area (Å²) in [5.74, 6) is 6.01. The first-order valence-corrected chi connectivity index (χ1v) is 8.22. The molecule has 0 saturated heterocycles. The van der Waals surface area contributed by atoms with Gasteiger partial charge in [-0.05, 0) is 43.4 Å². The predicted molar refractivity (Wildman–Crippen MR) is 90.7 cm³/mol. The molecule has 0 spiro atoms. The highest BCUT2D eigenvalue weighted by Gasteiger charge is 2.38. The summed E-state index contributed by atoms with van der Waals surface area (Å²) in [5.41, 5.74) is 6.74. The Morgan fingerprint density at radius 3 is 2.96 bits per heavy atom. The maximum absolute atomic E-state index is 12.7. The summed E-state index contributed by atoms with van der Waals surface area (Å²) in [7, 11) is 0. The van der Waals surface area contributed by atoms with Crippen LogP contribution in [0.15, 0.2) is 24.4 Å². The van der Waals surface area contributed by atoms with Crippen molar-refractivity contribution in [2.45, 2.75) is 37.3 Å². The highest BCUT2D eigenvalue weighted by molar-refractivity contribution is 5.91. The molecule has 2 bridgehead atoms. The van der Waals surface area contributed by atoms with Gasteiger partial charge in [-0.2, -0.15) is 0 Å². The van der Waals surface area contributed by atoms with E-state index in [-0.39, 0.29) is 5.69 Å². The molecule has 3 heterocycles. The Morgan fingerprint density at radius 2 is 2.28 bits per heavy atom. The SMILES string of the molecule is CC(O)(C#Cc1ccc2c(c1)-c1nc(C(N)=O)cn1C1CC2C1)CF. The Kier molecular flexibility index (Phi) is 3.44. The summed E-state index contributed by atoms with van der Waals surface area (Å²) in [5, 5.41) is 9.72. The van der Waals surface area contributed by atoms with Gasteiger partial charge in [0, 0.05) is 23.4 Å². The van der Waals surface area contributed by atoms with Gasteiger partial charge in [0.25, 0.3) is 5.91 Å². The minimum absolute atomic E-state index is 0.253. The van der Waals surface area contributed by atoms with E-state index < -0.39 is 18.2 Å². The van der Waals surface area contributed by atoms with Gasteiger partial charge in [0.2, 0.25) is 0 Å². The number of alkyl halides is 1. The molecule has 3 aliphatic rings. The van der Waals surface area contributed by atoms with E-state index in [1.165, 1.54) is 12.5 Å². The standard InChI is InChI=1S/C19H18FN3O2/c1-19(25,10-20)5-4-11-2-3-14-12-7-13(8-12)23-9-16(17(21)24)22-18(23)15(14)6-11/h2-3,6,9,12-13,25H,7-8,10H2,1H3,(H2,21,24). The monoisotopic (exact) mass is 339 g/mol. The fourth-order valence-electron chi connectivity index (χ4n) is 3.48. The molecule has 5 rings (SSSR count). The van der Waals surface area contributed by atoms with Crippen LogP contribution in [0.25, 0.3) is 11.4 Å². The molecule has 1 aliphatic carbocycles. The van der Waals surface area contributed by atoms with Crippen LogP contribution in [0.4, 0.5) is 4.39 Å². The van der Waals surface area contributed by atoms with Crippen LogP contribution in [0.5, 0.6) is 0 Å². The van der Waals surface area contributed by atoms with Gasteiger partial charge in [0.1, 0.15) is 18.2 Å². The van der Waals surface area contributed by atoms with Crippen LogP contribution in [0.3, 0.4) is 0 Å². The third-order valence-electron chi connectivity index (χ3n) is 4.96. The number of imidazole rings is 1. The van der Waals surface area contributed by atoms with Crippen LogP contribution in [0.1, 0.15) is 53.3 Å². The number of halogens is 1. The molecule has 1 saturated carbocycles. The van der Waals surface area contributed by atoms with Crippen LogP contribution >= 0.6 is 0 Å². The second-order valence-corrected chi connectivity index (χ2v) is 7.00. The van der Waals surface area contributed by atoms with Gasteiger partial charge in [-0.1, -0.05) is 17.9 Å². The number of aromatic nitrogens is 2. The molecular weight excluding hydrogens is 321 g/mol. The van der Waals surface area contributed by atoms with E-state index in [0.717, 1.165) is 24.2 Å².